The fraction of sp³-hybridized carbons (Fsp3) is 0.235. The molecule has 2 N–H and O–H groups in total. The molecule has 0 atom stereocenters. The van der Waals surface area contributed by atoms with E-state index in [-0.39, 0.29) is 5.60 Å². The molecule has 0 saturated carbocycles. The van der Waals surface area contributed by atoms with Crippen LogP contribution in [0.3, 0.4) is 0 Å². The van der Waals surface area contributed by atoms with E-state index in [4.69, 9.17) is 27.4 Å². The van der Waals surface area contributed by atoms with Gasteiger partial charge in [-0.25, -0.2) is 0 Å². The molecule has 0 radical (unpaired) electrons. The van der Waals surface area contributed by atoms with Crippen molar-refractivity contribution in [1.82, 2.24) is 0 Å². The minimum absolute atomic E-state index is 0.183. The molecule has 0 aromatic heterocycles. The molecule has 2 aromatic carbocycles. The molecule has 0 aliphatic carbocycles. The molecule has 0 unspecified atom stereocenters. The largest absolute Gasteiger partial charge is 0.483 e. The summed E-state index contributed by atoms with van der Waals surface area (Å²) in [5, 5.41) is 0. The van der Waals surface area contributed by atoms with Gasteiger partial charge in [0.15, 0.2) is 11.5 Å². The van der Waals surface area contributed by atoms with Gasteiger partial charge >= 0.3 is 0 Å². The zero-order valence-electron chi connectivity index (χ0n) is 12.1. The van der Waals surface area contributed by atoms with Gasteiger partial charge in [0.1, 0.15) is 16.3 Å². The number of nitrogens with two attached hydrogens (primary N) is 1. The van der Waals surface area contributed by atoms with Gasteiger partial charge in [-0.05, 0) is 44.2 Å². The first-order valence-corrected chi connectivity index (χ1v) is 7.24. The number of para-hydroxylation sites is 1. The van der Waals surface area contributed by atoms with Crippen molar-refractivity contribution in [2.45, 2.75) is 25.9 Å². The molecule has 3 rings (SSSR count). The Labute approximate surface area is 129 Å². The van der Waals surface area contributed by atoms with E-state index in [9.17, 15) is 0 Å². The SMILES string of the molecule is CC1(C)Cc2cccc(Oc3ccc(C(N)=S)cc3)c2O1. The minimum Gasteiger partial charge on any atom is -0.483 e. The number of benzene rings is 2. The maximum absolute atomic E-state index is 5.99. The highest BCUT2D eigenvalue weighted by molar-refractivity contribution is 7.80. The van der Waals surface area contributed by atoms with Crippen LogP contribution in [0.4, 0.5) is 0 Å². The van der Waals surface area contributed by atoms with E-state index >= 15 is 0 Å². The van der Waals surface area contributed by atoms with Crippen LogP contribution in [0.1, 0.15) is 25.0 Å². The van der Waals surface area contributed by atoms with Crippen molar-refractivity contribution < 1.29 is 9.47 Å². The smallest absolute Gasteiger partial charge is 0.169 e. The molecule has 0 amide bonds. The van der Waals surface area contributed by atoms with Gasteiger partial charge in [-0.3, -0.25) is 0 Å². The maximum Gasteiger partial charge on any atom is 0.169 e. The van der Waals surface area contributed by atoms with Crippen LogP contribution in [0.2, 0.25) is 0 Å². The first-order chi connectivity index (χ1) is 9.94. The van der Waals surface area contributed by atoms with Crippen LogP contribution in [-0.4, -0.2) is 10.6 Å². The Morgan fingerprint density at radius 2 is 1.90 bits per heavy atom. The number of hydrogen-bond donors (Lipinski definition) is 1. The van der Waals surface area contributed by atoms with E-state index in [1.807, 2.05) is 36.4 Å². The van der Waals surface area contributed by atoms with Crippen LogP contribution in [-0.2, 0) is 6.42 Å². The molecule has 2 aromatic rings. The Morgan fingerprint density at radius 3 is 2.57 bits per heavy atom. The second-order valence-corrected chi connectivity index (χ2v) is 6.21. The molecule has 21 heavy (non-hydrogen) atoms. The van der Waals surface area contributed by atoms with E-state index in [1.165, 1.54) is 5.56 Å². The molecule has 108 valence electrons. The van der Waals surface area contributed by atoms with Crippen molar-refractivity contribution >= 4 is 17.2 Å². The Bertz CT molecular complexity index is 692. The van der Waals surface area contributed by atoms with Crippen molar-refractivity contribution in [3.63, 3.8) is 0 Å². The summed E-state index contributed by atoms with van der Waals surface area (Å²) < 4.78 is 11.9. The summed E-state index contributed by atoms with van der Waals surface area (Å²) in [6.45, 7) is 4.15. The predicted molar refractivity (Wildman–Crippen MR) is 87.3 cm³/mol. The Morgan fingerprint density at radius 1 is 1.19 bits per heavy atom. The number of rotatable bonds is 3. The highest BCUT2D eigenvalue weighted by atomic mass is 32.1. The van der Waals surface area contributed by atoms with Crippen LogP contribution in [0.5, 0.6) is 17.2 Å². The predicted octanol–water partition coefficient (Wildman–Crippen LogP) is 3.83. The van der Waals surface area contributed by atoms with Crippen molar-refractivity contribution in [2.24, 2.45) is 5.73 Å². The fourth-order valence-electron chi connectivity index (χ4n) is 2.48. The number of ether oxygens (including phenoxy) is 2. The molecule has 0 bridgehead atoms. The zero-order valence-corrected chi connectivity index (χ0v) is 12.9. The molecule has 4 heteroatoms. The monoisotopic (exact) mass is 299 g/mol. The highest BCUT2D eigenvalue weighted by Crippen LogP contribution is 2.43. The number of fused-ring (bicyclic) bond motifs is 1. The molecule has 0 saturated heterocycles. The summed E-state index contributed by atoms with van der Waals surface area (Å²) >= 11 is 4.94. The molecular weight excluding hydrogens is 282 g/mol. The van der Waals surface area contributed by atoms with Gasteiger partial charge in [-0.1, -0.05) is 24.4 Å². The van der Waals surface area contributed by atoms with Gasteiger partial charge in [0, 0.05) is 17.5 Å². The average Bonchev–Trinajstić information content (AvgIpc) is 2.74. The zero-order chi connectivity index (χ0) is 15.0. The van der Waals surface area contributed by atoms with Crippen LogP contribution in [0.15, 0.2) is 42.5 Å². The molecule has 1 heterocycles. The fourth-order valence-corrected chi connectivity index (χ4v) is 2.62. The van der Waals surface area contributed by atoms with Gasteiger partial charge in [-0.2, -0.15) is 0 Å². The van der Waals surface area contributed by atoms with Gasteiger partial charge in [0.25, 0.3) is 0 Å². The Balaban J connectivity index is 1.87. The lowest BCUT2D eigenvalue weighted by Gasteiger charge is -2.18. The first kappa shape index (κ1) is 13.9. The van der Waals surface area contributed by atoms with E-state index in [0.717, 1.165) is 29.2 Å². The van der Waals surface area contributed by atoms with Gasteiger partial charge in [0.05, 0.1) is 0 Å². The van der Waals surface area contributed by atoms with Crippen LogP contribution >= 0.6 is 12.2 Å². The van der Waals surface area contributed by atoms with Crippen molar-refractivity contribution in [3.05, 3.63) is 53.6 Å². The van der Waals surface area contributed by atoms with Crippen LogP contribution in [0, 0.1) is 0 Å². The second kappa shape index (κ2) is 5.04. The third-order valence-corrected chi connectivity index (χ3v) is 3.66. The summed E-state index contributed by atoms with van der Waals surface area (Å²) in [5.74, 6) is 2.30. The van der Waals surface area contributed by atoms with Crippen LogP contribution in [0.25, 0.3) is 0 Å². The normalized spacial score (nSPS) is 15.1. The summed E-state index contributed by atoms with van der Waals surface area (Å²) in [6.07, 6.45) is 0.889. The van der Waals surface area contributed by atoms with E-state index in [1.54, 1.807) is 0 Å². The lowest BCUT2D eigenvalue weighted by molar-refractivity contribution is 0.135. The van der Waals surface area contributed by atoms with Gasteiger partial charge in [-0.15, -0.1) is 0 Å². The third-order valence-electron chi connectivity index (χ3n) is 3.42. The van der Waals surface area contributed by atoms with E-state index in [0.29, 0.717) is 4.99 Å². The van der Waals surface area contributed by atoms with E-state index < -0.39 is 0 Å². The molecule has 0 spiro atoms. The second-order valence-electron chi connectivity index (χ2n) is 5.77. The first-order valence-electron chi connectivity index (χ1n) is 6.83. The Kier molecular flexibility index (Phi) is 3.33. The summed E-state index contributed by atoms with van der Waals surface area (Å²) in [7, 11) is 0. The number of thiocarbonyl (C=S) groups is 1. The van der Waals surface area contributed by atoms with Crippen LogP contribution < -0.4 is 15.2 Å². The molecular formula is C17H17NO2S. The average molecular weight is 299 g/mol. The maximum atomic E-state index is 5.99. The molecule has 3 nitrogen and oxygen atoms in total. The topological polar surface area (TPSA) is 44.5 Å². The quantitative estimate of drug-likeness (QED) is 0.875. The minimum atomic E-state index is -0.183. The van der Waals surface area contributed by atoms with E-state index in [2.05, 4.69) is 19.9 Å². The summed E-state index contributed by atoms with van der Waals surface area (Å²) in [5.41, 5.74) is 7.41. The van der Waals surface area contributed by atoms with Gasteiger partial charge in [0.2, 0.25) is 0 Å². The Hall–Kier alpha value is -2.07. The summed E-state index contributed by atoms with van der Waals surface area (Å²) in [6, 6.07) is 13.4. The van der Waals surface area contributed by atoms with Gasteiger partial charge < -0.3 is 15.2 Å². The number of hydrogen-bond acceptors (Lipinski definition) is 3. The van der Waals surface area contributed by atoms with Crippen molar-refractivity contribution in [2.75, 3.05) is 0 Å². The van der Waals surface area contributed by atoms with Crippen molar-refractivity contribution in [1.29, 1.82) is 0 Å². The lowest BCUT2D eigenvalue weighted by Crippen LogP contribution is -2.24. The highest BCUT2D eigenvalue weighted by Gasteiger charge is 2.32. The standard InChI is InChI=1S/C17H17NO2S/c1-17(2)10-12-4-3-5-14(15(12)20-17)19-13-8-6-11(7-9-13)16(18)21/h3-9H,10H2,1-2H3,(H2,18,21). The van der Waals surface area contributed by atoms with Crippen molar-refractivity contribution in [3.8, 4) is 17.2 Å². The summed E-state index contributed by atoms with van der Waals surface area (Å²) in [4.78, 5) is 0.382. The molecule has 0 fully saturated rings. The lowest BCUT2D eigenvalue weighted by atomic mass is 10.0. The molecule has 1 aliphatic rings. The molecule has 1 aliphatic heterocycles. The third kappa shape index (κ3) is 2.85.